The molecule has 0 spiro atoms. The number of carbonyl (C=O) groups excluding carboxylic acids is 1. The molecule has 29 heavy (non-hydrogen) atoms. The molecule has 0 saturated heterocycles. The van der Waals surface area contributed by atoms with E-state index in [0.29, 0.717) is 6.42 Å². The maximum atomic E-state index is 12.1. The van der Waals surface area contributed by atoms with Crippen LogP contribution in [0.25, 0.3) is 11.8 Å². The number of hydrogen-bond donors (Lipinski definition) is 0. The molecule has 0 amide bonds. The minimum absolute atomic E-state index is 0.0381. The van der Waals surface area contributed by atoms with Gasteiger partial charge in [-0.25, -0.2) is 9.78 Å². The maximum absolute atomic E-state index is 12.1. The third-order valence-electron chi connectivity index (χ3n) is 4.81. The molecule has 5 nitrogen and oxygen atoms in total. The van der Waals surface area contributed by atoms with Gasteiger partial charge in [0, 0.05) is 18.1 Å². The van der Waals surface area contributed by atoms with Crippen LogP contribution in [-0.2, 0) is 9.53 Å². The van der Waals surface area contributed by atoms with Crippen molar-refractivity contribution in [2.45, 2.75) is 33.6 Å². The molecule has 1 aliphatic carbocycles. The lowest BCUT2D eigenvalue weighted by atomic mass is 9.74. The first-order valence-electron chi connectivity index (χ1n) is 9.69. The van der Waals surface area contributed by atoms with Crippen LogP contribution in [0.1, 0.15) is 39.2 Å². The number of nitriles is 1. The van der Waals surface area contributed by atoms with Gasteiger partial charge in [0.25, 0.3) is 0 Å². The van der Waals surface area contributed by atoms with Crippen LogP contribution in [0.2, 0.25) is 0 Å². The zero-order chi connectivity index (χ0) is 20.9. The van der Waals surface area contributed by atoms with E-state index >= 15 is 0 Å². The second-order valence-corrected chi connectivity index (χ2v) is 7.86. The van der Waals surface area contributed by atoms with Gasteiger partial charge in [0.05, 0.1) is 12.9 Å². The molecule has 0 bridgehead atoms. The quantitative estimate of drug-likeness (QED) is 0.411. The highest BCUT2D eigenvalue weighted by Crippen LogP contribution is 2.39. The molecule has 148 valence electrons. The molecule has 2 aromatic rings. The van der Waals surface area contributed by atoms with Crippen molar-refractivity contribution in [2.24, 2.45) is 5.41 Å². The van der Waals surface area contributed by atoms with E-state index in [2.05, 4.69) is 43.1 Å². The molecule has 0 saturated carbocycles. The summed E-state index contributed by atoms with van der Waals surface area (Å²) in [5.41, 5.74) is 4.04. The minimum atomic E-state index is -0.544. The van der Waals surface area contributed by atoms with Crippen LogP contribution >= 0.6 is 0 Å². The third-order valence-corrected chi connectivity index (χ3v) is 4.81. The van der Waals surface area contributed by atoms with Gasteiger partial charge >= 0.3 is 5.97 Å². The number of ether oxygens (including phenoxy) is 1. The smallest absolute Gasteiger partial charge is 0.349 e. The van der Waals surface area contributed by atoms with Crippen LogP contribution in [0, 0.1) is 16.7 Å². The van der Waals surface area contributed by atoms with E-state index in [-0.39, 0.29) is 17.6 Å². The molecule has 5 heteroatoms. The average Bonchev–Trinajstić information content (AvgIpc) is 3.21. The van der Waals surface area contributed by atoms with Gasteiger partial charge in [0.15, 0.2) is 0 Å². The minimum Gasteiger partial charge on any atom is -0.462 e. The van der Waals surface area contributed by atoms with Gasteiger partial charge in [-0.1, -0.05) is 44.2 Å². The number of allylic oxidation sites excluding steroid dienone is 4. The highest BCUT2D eigenvalue weighted by molar-refractivity contribution is 5.94. The van der Waals surface area contributed by atoms with E-state index in [1.54, 1.807) is 19.4 Å². The summed E-state index contributed by atoms with van der Waals surface area (Å²) in [6.07, 6.45) is 13.0. The molecular formula is C24H25N3O2. The largest absolute Gasteiger partial charge is 0.462 e. The fourth-order valence-corrected chi connectivity index (χ4v) is 3.55. The molecule has 0 radical (unpaired) electrons. The van der Waals surface area contributed by atoms with Crippen molar-refractivity contribution in [3.63, 3.8) is 0 Å². The summed E-state index contributed by atoms with van der Waals surface area (Å²) in [6, 6.07) is 10.2. The predicted molar refractivity (Wildman–Crippen MR) is 113 cm³/mol. The summed E-state index contributed by atoms with van der Waals surface area (Å²) < 4.78 is 7.00. The Hall–Kier alpha value is -3.39. The number of esters is 1. The van der Waals surface area contributed by atoms with Gasteiger partial charge < -0.3 is 9.30 Å². The van der Waals surface area contributed by atoms with Gasteiger partial charge in [-0.3, -0.25) is 0 Å². The SMILES string of the molecule is CCOC(=O)/C(C#N)=C1C=C(/C=C/c2ccc(-n3ccnc3)cc2)CC(C)(C)C/1. The standard InChI is InChI=1S/C24H25N3O2/c1-4-29-23(28)22(16-25)20-13-19(14-24(2,3)15-20)6-5-18-7-9-21(10-8-18)27-12-11-26-17-27/h5-13,17H,4,14-15H2,1-3H3/b6-5+,22-20-. The molecule has 1 aliphatic rings. The number of rotatable bonds is 5. The number of hydrogen-bond acceptors (Lipinski definition) is 4. The number of imidazole rings is 1. The van der Waals surface area contributed by atoms with Crippen LogP contribution in [0.15, 0.2) is 71.9 Å². The van der Waals surface area contributed by atoms with E-state index in [1.165, 1.54) is 0 Å². The van der Waals surface area contributed by atoms with Gasteiger partial charge in [-0.2, -0.15) is 5.26 Å². The van der Waals surface area contributed by atoms with Gasteiger partial charge in [-0.05, 0) is 54.0 Å². The first-order chi connectivity index (χ1) is 13.9. The Morgan fingerprint density at radius 3 is 2.66 bits per heavy atom. The lowest BCUT2D eigenvalue weighted by Gasteiger charge is -2.30. The number of nitrogens with zero attached hydrogens (tertiary/aromatic N) is 3. The van der Waals surface area contributed by atoms with E-state index in [1.807, 2.05) is 35.0 Å². The van der Waals surface area contributed by atoms with Crippen LogP contribution in [0.5, 0.6) is 0 Å². The Balaban J connectivity index is 1.85. The normalized spacial score (nSPS) is 17.5. The lowest BCUT2D eigenvalue weighted by molar-refractivity contribution is -0.138. The van der Waals surface area contributed by atoms with Crippen molar-refractivity contribution in [3.05, 3.63) is 77.4 Å². The number of carbonyl (C=O) groups is 1. The van der Waals surface area contributed by atoms with E-state index in [9.17, 15) is 10.1 Å². The second kappa shape index (κ2) is 8.74. The molecule has 0 atom stereocenters. The fourth-order valence-electron chi connectivity index (χ4n) is 3.55. The Bertz CT molecular complexity index is 1000. The van der Waals surface area contributed by atoms with Crippen molar-refractivity contribution in [2.75, 3.05) is 6.61 Å². The molecule has 0 aliphatic heterocycles. The number of benzene rings is 1. The Labute approximate surface area is 171 Å². The van der Waals surface area contributed by atoms with Crippen molar-refractivity contribution < 1.29 is 9.53 Å². The van der Waals surface area contributed by atoms with E-state index in [4.69, 9.17) is 4.74 Å². The zero-order valence-corrected chi connectivity index (χ0v) is 17.1. The van der Waals surface area contributed by atoms with Gasteiger partial charge in [0.2, 0.25) is 0 Å². The lowest BCUT2D eigenvalue weighted by Crippen LogP contribution is -2.19. The second-order valence-electron chi connectivity index (χ2n) is 7.86. The monoisotopic (exact) mass is 387 g/mol. The topological polar surface area (TPSA) is 67.9 Å². The molecular weight excluding hydrogens is 362 g/mol. The first kappa shape index (κ1) is 20.3. The summed E-state index contributed by atoms with van der Waals surface area (Å²) >= 11 is 0. The molecule has 3 rings (SSSR count). The maximum Gasteiger partial charge on any atom is 0.349 e. The fraction of sp³-hybridized carbons (Fsp3) is 0.292. The summed E-state index contributed by atoms with van der Waals surface area (Å²) in [7, 11) is 0. The Morgan fingerprint density at radius 1 is 1.28 bits per heavy atom. The molecule has 0 fully saturated rings. The molecule has 1 aromatic carbocycles. The van der Waals surface area contributed by atoms with Crippen LogP contribution < -0.4 is 0 Å². The predicted octanol–water partition coefficient (Wildman–Crippen LogP) is 5.02. The molecule has 0 N–H and O–H groups in total. The van der Waals surface area contributed by atoms with Gasteiger partial charge in [-0.15, -0.1) is 0 Å². The average molecular weight is 387 g/mol. The van der Waals surface area contributed by atoms with Gasteiger partial charge in [0.1, 0.15) is 11.6 Å². The summed E-state index contributed by atoms with van der Waals surface area (Å²) in [4.78, 5) is 16.2. The highest BCUT2D eigenvalue weighted by Gasteiger charge is 2.28. The Morgan fingerprint density at radius 2 is 2.03 bits per heavy atom. The summed E-state index contributed by atoms with van der Waals surface area (Å²) in [5.74, 6) is -0.544. The van der Waals surface area contributed by atoms with Crippen molar-refractivity contribution in [1.29, 1.82) is 5.26 Å². The highest BCUT2D eigenvalue weighted by atomic mass is 16.5. The first-order valence-corrected chi connectivity index (χ1v) is 9.69. The van der Waals surface area contributed by atoms with E-state index in [0.717, 1.165) is 28.8 Å². The number of aromatic nitrogens is 2. The van der Waals surface area contributed by atoms with Crippen molar-refractivity contribution in [1.82, 2.24) is 9.55 Å². The molecule has 1 aromatic heterocycles. The van der Waals surface area contributed by atoms with E-state index < -0.39 is 5.97 Å². The molecule has 1 heterocycles. The van der Waals surface area contributed by atoms with Crippen LogP contribution in [-0.4, -0.2) is 22.1 Å². The van der Waals surface area contributed by atoms with Crippen LogP contribution in [0.4, 0.5) is 0 Å². The van der Waals surface area contributed by atoms with Crippen molar-refractivity contribution in [3.8, 4) is 11.8 Å². The van der Waals surface area contributed by atoms with Crippen LogP contribution in [0.3, 0.4) is 0 Å². The molecule has 0 unspecified atom stereocenters. The van der Waals surface area contributed by atoms with Crippen molar-refractivity contribution >= 4 is 12.0 Å². The summed E-state index contributed by atoms with van der Waals surface area (Å²) in [6.45, 7) is 6.29. The third kappa shape index (κ3) is 5.11. The zero-order valence-electron chi connectivity index (χ0n) is 17.1. The Kier molecular flexibility index (Phi) is 6.13. The summed E-state index contributed by atoms with van der Waals surface area (Å²) in [5, 5.41) is 9.48.